The van der Waals surface area contributed by atoms with Crippen molar-refractivity contribution < 1.29 is 18.6 Å². The minimum Gasteiger partial charge on any atom is -0.496 e. The molecule has 5 heteroatoms. The second-order valence-electron chi connectivity index (χ2n) is 8.32. The van der Waals surface area contributed by atoms with E-state index in [1.165, 1.54) is 6.07 Å². The van der Waals surface area contributed by atoms with E-state index in [0.717, 1.165) is 22.3 Å². The molecular weight excluding hydrogens is 356 g/mol. The van der Waals surface area contributed by atoms with Crippen LogP contribution >= 0.6 is 0 Å². The van der Waals surface area contributed by atoms with Gasteiger partial charge >= 0.3 is 5.63 Å². The lowest BCUT2D eigenvalue weighted by molar-refractivity contribution is -0.0719. The largest absolute Gasteiger partial charge is 0.496 e. The summed E-state index contributed by atoms with van der Waals surface area (Å²) in [5.41, 5.74) is 2.82. The maximum atomic E-state index is 11.8. The molecule has 2 saturated heterocycles. The van der Waals surface area contributed by atoms with E-state index in [0.29, 0.717) is 11.5 Å². The quantitative estimate of drug-likeness (QED) is 0.547. The molecule has 0 spiro atoms. The van der Waals surface area contributed by atoms with Crippen molar-refractivity contribution in [2.45, 2.75) is 71.9 Å². The number of epoxide rings is 1. The average Bonchev–Trinajstić information content (AvgIpc) is 3.25. The Labute approximate surface area is 166 Å². The molecule has 0 aliphatic carbocycles. The molecule has 3 heterocycles. The van der Waals surface area contributed by atoms with Crippen molar-refractivity contribution in [2.75, 3.05) is 7.11 Å². The van der Waals surface area contributed by atoms with Crippen LogP contribution in [0.3, 0.4) is 0 Å². The first-order valence-electron chi connectivity index (χ1n) is 9.61. The number of hydrogen-bond donors (Lipinski definition) is 0. The summed E-state index contributed by atoms with van der Waals surface area (Å²) >= 11 is 0. The molecule has 0 saturated carbocycles. The highest BCUT2D eigenvalue weighted by atomic mass is 16.7. The summed E-state index contributed by atoms with van der Waals surface area (Å²) < 4.78 is 22.7. The summed E-state index contributed by atoms with van der Waals surface area (Å²) in [5, 5.41) is 0. The van der Waals surface area contributed by atoms with Crippen LogP contribution in [-0.2, 0) is 9.47 Å². The molecule has 0 aromatic carbocycles. The summed E-state index contributed by atoms with van der Waals surface area (Å²) in [7, 11) is 1.55. The standard InChI is InChI=1S/C23H30O5/c1-13(10-15(3)20-16(4)18(25-8)11-19(24)26-20)9-14(2)12-22(6)21-23(7,28-21)17(5)27-22/h9-12,17,21H,1-8H3/b13-9+,14-12+,15-10+/t17-,21-,22+,23+/m1/s1. The van der Waals surface area contributed by atoms with Gasteiger partial charge in [-0.2, -0.15) is 0 Å². The van der Waals surface area contributed by atoms with E-state index in [2.05, 4.69) is 39.8 Å². The lowest BCUT2D eigenvalue weighted by Gasteiger charge is -2.24. The van der Waals surface area contributed by atoms with Crippen LogP contribution < -0.4 is 10.4 Å². The SMILES string of the molecule is COc1cc(=O)oc(/C(C)=C/C(C)=C/C(C)=C/[C@]2(C)O[C@H](C)[C@]3(C)O[C@@H]32)c1C. The first-order valence-corrected chi connectivity index (χ1v) is 9.61. The molecule has 2 fully saturated rings. The van der Waals surface area contributed by atoms with E-state index in [1.54, 1.807) is 7.11 Å². The molecule has 152 valence electrons. The molecule has 2 aliphatic rings. The molecule has 28 heavy (non-hydrogen) atoms. The normalized spacial score (nSPS) is 33.1. The Kier molecular flexibility index (Phi) is 5.19. The maximum absolute atomic E-state index is 11.8. The van der Waals surface area contributed by atoms with E-state index in [1.807, 2.05) is 26.8 Å². The van der Waals surface area contributed by atoms with Gasteiger partial charge < -0.3 is 18.6 Å². The molecule has 0 radical (unpaired) electrons. The first kappa shape index (κ1) is 20.6. The number of hydrogen-bond acceptors (Lipinski definition) is 5. The summed E-state index contributed by atoms with van der Waals surface area (Å²) in [4.78, 5) is 11.8. The zero-order valence-corrected chi connectivity index (χ0v) is 18.0. The second-order valence-corrected chi connectivity index (χ2v) is 8.32. The van der Waals surface area contributed by atoms with Gasteiger partial charge in [-0.1, -0.05) is 23.3 Å². The van der Waals surface area contributed by atoms with Crippen molar-refractivity contribution in [2.24, 2.45) is 0 Å². The predicted molar refractivity (Wildman–Crippen MR) is 110 cm³/mol. The van der Waals surface area contributed by atoms with Gasteiger partial charge in [-0.15, -0.1) is 0 Å². The van der Waals surface area contributed by atoms with Gasteiger partial charge in [0.15, 0.2) is 0 Å². The molecule has 5 nitrogen and oxygen atoms in total. The smallest absolute Gasteiger partial charge is 0.339 e. The molecule has 1 aromatic rings. The third kappa shape index (κ3) is 3.61. The number of allylic oxidation sites excluding steroid dienone is 5. The highest BCUT2D eigenvalue weighted by molar-refractivity contribution is 5.66. The molecule has 0 N–H and O–H groups in total. The molecule has 4 atom stereocenters. The summed E-state index contributed by atoms with van der Waals surface area (Å²) in [6.07, 6.45) is 6.41. The highest BCUT2D eigenvalue weighted by Gasteiger charge is 2.70. The van der Waals surface area contributed by atoms with Crippen molar-refractivity contribution in [1.82, 2.24) is 0 Å². The first-order chi connectivity index (χ1) is 13.0. The topological polar surface area (TPSA) is 61.2 Å². The number of fused-ring (bicyclic) bond motifs is 1. The van der Waals surface area contributed by atoms with E-state index < -0.39 is 11.2 Å². The summed E-state index contributed by atoms with van der Waals surface area (Å²) in [6, 6.07) is 1.36. The fourth-order valence-corrected chi connectivity index (χ4v) is 4.31. The molecule has 3 rings (SSSR count). The van der Waals surface area contributed by atoms with Crippen LogP contribution in [-0.4, -0.2) is 30.5 Å². The summed E-state index contributed by atoms with van der Waals surface area (Å²) in [6.45, 7) is 14.1. The fraction of sp³-hybridized carbons (Fsp3) is 0.522. The number of methoxy groups -OCH3 is 1. The van der Waals surface area contributed by atoms with E-state index in [4.69, 9.17) is 18.6 Å². The van der Waals surface area contributed by atoms with Crippen molar-refractivity contribution in [3.63, 3.8) is 0 Å². The van der Waals surface area contributed by atoms with Crippen LogP contribution in [0, 0.1) is 6.92 Å². The fourth-order valence-electron chi connectivity index (χ4n) is 4.31. The average molecular weight is 386 g/mol. The molecule has 0 amide bonds. The Bertz CT molecular complexity index is 935. The Hall–Kier alpha value is -2.11. The van der Waals surface area contributed by atoms with Gasteiger partial charge in [0.2, 0.25) is 0 Å². The predicted octanol–water partition coefficient (Wildman–Crippen LogP) is 4.59. The van der Waals surface area contributed by atoms with Gasteiger partial charge in [-0.05, 0) is 60.1 Å². The maximum Gasteiger partial charge on any atom is 0.339 e. The Balaban J connectivity index is 1.84. The van der Waals surface area contributed by atoms with E-state index in [9.17, 15) is 4.79 Å². The molecule has 1 aromatic heterocycles. The minimum atomic E-state index is -0.421. The van der Waals surface area contributed by atoms with Gasteiger partial charge in [-0.3, -0.25) is 0 Å². The third-order valence-electron chi connectivity index (χ3n) is 5.75. The highest BCUT2D eigenvalue weighted by Crippen LogP contribution is 2.55. The minimum absolute atomic E-state index is 0.0812. The van der Waals surface area contributed by atoms with Gasteiger partial charge in [0.25, 0.3) is 0 Å². The zero-order chi connectivity index (χ0) is 20.9. The Morgan fingerprint density at radius 1 is 1.14 bits per heavy atom. The number of ether oxygens (including phenoxy) is 3. The molecular formula is C23H30O5. The van der Waals surface area contributed by atoms with E-state index in [-0.39, 0.29) is 17.8 Å². The van der Waals surface area contributed by atoms with Crippen molar-refractivity contribution >= 4 is 5.57 Å². The van der Waals surface area contributed by atoms with Crippen molar-refractivity contribution in [3.8, 4) is 5.75 Å². The van der Waals surface area contributed by atoms with Gasteiger partial charge in [0, 0.05) is 5.56 Å². The van der Waals surface area contributed by atoms with Crippen LogP contribution in [0.1, 0.15) is 52.9 Å². The lowest BCUT2D eigenvalue weighted by atomic mass is 9.93. The molecule has 0 unspecified atom stereocenters. The van der Waals surface area contributed by atoms with Crippen molar-refractivity contribution in [1.29, 1.82) is 0 Å². The zero-order valence-electron chi connectivity index (χ0n) is 18.0. The van der Waals surface area contributed by atoms with Crippen LogP contribution in [0.4, 0.5) is 0 Å². The van der Waals surface area contributed by atoms with Gasteiger partial charge in [0.05, 0.1) is 19.3 Å². The third-order valence-corrected chi connectivity index (χ3v) is 5.75. The Morgan fingerprint density at radius 3 is 2.36 bits per heavy atom. The van der Waals surface area contributed by atoms with Crippen LogP contribution in [0.25, 0.3) is 5.57 Å². The van der Waals surface area contributed by atoms with Crippen molar-refractivity contribution in [3.05, 3.63) is 57.2 Å². The second kappa shape index (κ2) is 7.05. The van der Waals surface area contributed by atoms with Gasteiger partial charge in [-0.25, -0.2) is 4.79 Å². The van der Waals surface area contributed by atoms with E-state index >= 15 is 0 Å². The summed E-state index contributed by atoms with van der Waals surface area (Å²) in [5.74, 6) is 1.07. The lowest BCUT2D eigenvalue weighted by Crippen LogP contribution is -2.30. The van der Waals surface area contributed by atoms with Crippen LogP contribution in [0.15, 0.2) is 44.7 Å². The van der Waals surface area contributed by atoms with Crippen LogP contribution in [0.5, 0.6) is 5.75 Å². The molecule has 2 aliphatic heterocycles. The van der Waals surface area contributed by atoms with Crippen LogP contribution in [0.2, 0.25) is 0 Å². The monoisotopic (exact) mass is 386 g/mol. The molecule has 0 bridgehead atoms. The Morgan fingerprint density at radius 2 is 1.82 bits per heavy atom. The van der Waals surface area contributed by atoms with Gasteiger partial charge in [0.1, 0.15) is 28.8 Å². The number of rotatable bonds is 5.